The van der Waals surface area contributed by atoms with Gasteiger partial charge in [0.15, 0.2) is 5.82 Å². The molecule has 8 nitrogen and oxygen atoms in total. The first-order chi connectivity index (χ1) is 15.3. The van der Waals surface area contributed by atoms with Gasteiger partial charge in [-0.3, -0.25) is 9.36 Å². The number of ether oxygens (including phenoxy) is 1. The summed E-state index contributed by atoms with van der Waals surface area (Å²) in [7, 11) is 0. The molecule has 32 heavy (non-hydrogen) atoms. The number of hydrogen-bond acceptors (Lipinski definition) is 5. The van der Waals surface area contributed by atoms with Gasteiger partial charge >= 0.3 is 5.69 Å². The van der Waals surface area contributed by atoms with Crippen molar-refractivity contribution in [3.05, 3.63) is 98.6 Å². The van der Waals surface area contributed by atoms with E-state index in [9.17, 15) is 14.7 Å². The Morgan fingerprint density at radius 1 is 0.969 bits per heavy atom. The lowest BCUT2D eigenvalue weighted by molar-refractivity contribution is 0.0792. The molecule has 8 heteroatoms. The maximum Gasteiger partial charge on any atom is 0.366 e. The number of hydrogen-bond donors (Lipinski definition) is 1. The molecule has 0 aliphatic rings. The normalized spacial score (nSPS) is 11.9. The second-order valence-electron chi connectivity index (χ2n) is 8.11. The monoisotopic (exact) mass is 434 g/mol. The molecule has 2 heterocycles. The molecule has 0 saturated carbocycles. The second kappa shape index (κ2) is 8.57. The molecule has 2 aromatic heterocycles. The van der Waals surface area contributed by atoms with E-state index in [-0.39, 0.29) is 6.61 Å². The first-order valence-corrected chi connectivity index (χ1v) is 10.5. The van der Waals surface area contributed by atoms with Crippen LogP contribution in [0.15, 0.2) is 70.4 Å². The minimum Gasteiger partial charge on any atom is -0.386 e. The summed E-state index contributed by atoms with van der Waals surface area (Å²) < 4.78 is 8.39. The van der Waals surface area contributed by atoms with Crippen molar-refractivity contribution in [2.75, 3.05) is 0 Å². The van der Waals surface area contributed by atoms with Crippen LogP contribution in [0.4, 0.5) is 0 Å². The largest absolute Gasteiger partial charge is 0.386 e. The van der Waals surface area contributed by atoms with Gasteiger partial charge in [-0.15, -0.1) is 9.89 Å². The summed E-state index contributed by atoms with van der Waals surface area (Å²) in [6.45, 7) is 5.98. The number of benzene rings is 2. The van der Waals surface area contributed by atoms with Crippen LogP contribution in [0.3, 0.4) is 0 Å². The van der Waals surface area contributed by atoms with Crippen molar-refractivity contribution in [3.8, 4) is 0 Å². The number of rotatable bonds is 7. The molecule has 0 fully saturated rings. The van der Waals surface area contributed by atoms with E-state index in [0.29, 0.717) is 35.3 Å². The van der Waals surface area contributed by atoms with E-state index in [0.717, 1.165) is 15.0 Å². The van der Waals surface area contributed by atoms with Gasteiger partial charge in [0.05, 0.1) is 12.2 Å². The standard InChI is InChI=1S/C24H26N4O4/c1-4-26-21(16-32-15-17-10-6-5-7-11-17)25-28(23(26)30)27-14-20(24(2,3)31)18-12-8-9-13-19(18)22(27)29/h5-14,31H,4,15-16H2,1-3H3. The summed E-state index contributed by atoms with van der Waals surface area (Å²) in [5, 5.41) is 16.1. The molecule has 0 saturated heterocycles. The molecule has 0 bridgehead atoms. The molecule has 0 spiro atoms. The van der Waals surface area contributed by atoms with Crippen LogP contribution >= 0.6 is 0 Å². The number of nitrogens with zero attached hydrogens (tertiary/aromatic N) is 4. The summed E-state index contributed by atoms with van der Waals surface area (Å²) in [5.41, 5.74) is -0.545. The van der Waals surface area contributed by atoms with Crippen molar-refractivity contribution in [1.29, 1.82) is 0 Å². The maximum atomic E-state index is 13.2. The lowest BCUT2D eigenvalue weighted by atomic mass is 9.95. The third-order valence-corrected chi connectivity index (χ3v) is 5.35. The summed E-state index contributed by atoms with van der Waals surface area (Å²) in [5.74, 6) is 0.415. The summed E-state index contributed by atoms with van der Waals surface area (Å²) in [6, 6.07) is 16.7. The lowest BCUT2D eigenvalue weighted by Crippen LogP contribution is -2.37. The van der Waals surface area contributed by atoms with Crippen molar-refractivity contribution in [2.24, 2.45) is 0 Å². The number of aromatic nitrogens is 4. The van der Waals surface area contributed by atoms with Crippen LogP contribution in [0, 0.1) is 0 Å². The lowest BCUT2D eigenvalue weighted by Gasteiger charge is -2.21. The van der Waals surface area contributed by atoms with Crippen LogP contribution in [-0.2, 0) is 30.1 Å². The first-order valence-electron chi connectivity index (χ1n) is 10.5. The van der Waals surface area contributed by atoms with Crippen LogP contribution in [0.1, 0.15) is 37.7 Å². The maximum absolute atomic E-state index is 13.2. The van der Waals surface area contributed by atoms with Crippen LogP contribution in [0.5, 0.6) is 0 Å². The third-order valence-electron chi connectivity index (χ3n) is 5.35. The Morgan fingerprint density at radius 2 is 1.62 bits per heavy atom. The zero-order valence-electron chi connectivity index (χ0n) is 18.4. The predicted octanol–water partition coefficient (Wildman–Crippen LogP) is 2.64. The van der Waals surface area contributed by atoms with E-state index in [2.05, 4.69) is 5.10 Å². The molecule has 0 aliphatic heterocycles. The van der Waals surface area contributed by atoms with E-state index in [1.165, 1.54) is 10.8 Å². The van der Waals surface area contributed by atoms with Crippen molar-refractivity contribution < 1.29 is 9.84 Å². The van der Waals surface area contributed by atoms with Gasteiger partial charge in [-0.2, -0.15) is 4.68 Å². The SMILES string of the molecule is CCn1c(COCc2ccccc2)nn(-n2cc(C(C)(C)O)c3ccccc3c2=O)c1=O. The zero-order valence-corrected chi connectivity index (χ0v) is 18.4. The smallest absolute Gasteiger partial charge is 0.366 e. The average molecular weight is 434 g/mol. The Kier molecular flexibility index (Phi) is 5.82. The third kappa shape index (κ3) is 4.02. The van der Waals surface area contributed by atoms with Crippen molar-refractivity contribution in [3.63, 3.8) is 0 Å². The summed E-state index contributed by atoms with van der Waals surface area (Å²) in [6.07, 6.45) is 1.48. The van der Waals surface area contributed by atoms with Crippen LogP contribution in [-0.4, -0.2) is 24.2 Å². The summed E-state index contributed by atoms with van der Waals surface area (Å²) >= 11 is 0. The van der Waals surface area contributed by atoms with Gasteiger partial charge in [0.25, 0.3) is 5.56 Å². The average Bonchev–Trinajstić information content (AvgIpc) is 3.09. The van der Waals surface area contributed by atoms with Gasteiger partial charge < -0.3 is 9.84 Å². The van der Waals surface area contributed by atoms with Gasteiger partial charge in [0, 0.05) is 23.7 Å². The molecule has 0 radical (unpaired) electrons. The van der Waals surface area contributed by atoms with Crippen LogP contribution in [0.25, 0.3) is 10.8 Å². The fourth-order valence-electron chi connectivity index (χ4n) is 3.73. The van der Waals surface area contributed by atoms with E-state index in [1.807, 2.05) is 43.3 Å². The van der Waals surface area contributed by atoms with E-state index < -0.39 is 16.9 Å². The molecule has 0 aliphatic carbocycles. The highest BCUT2D eigenvalue weighted by atomic mass is 16.5. The summed E-state index contributed by atoms with van der Waals surface area (Å²) in [4.78, 5) is 27.3. The van der Waals surface area contributed by atoms with Gasteiger partial charge in [-0.1, -0.05) is 48.5 Å². The molecule has 0 atom stereocenters. The molecule has 2 aromatic carbocycles. The minimum atomic E-state index is -1.23. The van der Waals surface area contributed by atoms with Crippen molar-refractivity contribution in [1.82, 2.24) is 19.1 Å². The minimum absolute atomic E-state index is 0.117. The van der Waals surface area contributed by atoms with Gasteiger partial charge in [0.1, 0.15) is 6.61 Å². The van der Waals surface area contributed by atoms with Crippen LogP contribution in [0.2, 0.25) is 0 Å². The first kappa shape index (κ1) is 21.7. The molecule has 166 valence electrons. The molecular weight excluding hydrogens is 408 g/mol. The fraction of sp³-hybridized carbons (Fsp3) is 0.292. The molecule has 4 aromatic rings. The highest BCUT2D eigenvalue weighted by Gasteiger charge is 2.23. The van der Waals surface area contributed by atoms with E-state index in [1.54, 1.807) is 32.0 Å². The number of pyridine rings is 1. The second-order valence-corrected chi connectivity index (χ2v) is 8.11. The predicted molar refractivity (Wildman–Crippen MR) is 121 cm³/mol. The van der Waals surface area contributed by atoms with Crippen molar-refractivity contribution in [2.45, 2.75) is 46.1 Å². The molecule has 0 amide bonds. The Morgan fingerprint density at radius 3 is 2.28 bits per heavy atom. The van der Waals surface area contributed by atoms with Gasteiger partial charge in [0.2, 0.25) is 0 Å². The Labute approximate surface area is 184 Å². The highest BCUT2D eigenvalue weighted by molar-refractivity contribution is 5.85. The number of aliphatic hydroxyl groups is 1. The fourth-order valence-corrected chi connectivity index (χ4v) is 3.73. The topological polar surface area (TPSA) is 91.3 Å². The van der Waals surface area contributed by atoms with Crippen molar-refractivity contribution >= 4 is 10.8 Å². The molecule has 4 rings (SSSR count). The van der Waals surface area contributed by atoms with Crippen LogP contribution < -0.4 is 11.2 Å². The Bertz CT molecular complexity index is 1360. The Balaban J connectivity index is 1.78. The molecule has 1 N–H and O–H groups in total. The molecule has 0 unspecified atom stereocenters. The Hall–Kier alpha value is -3.49. The van der Waals surface area contributed by atoms with E-state index in [4.69, 9.17) is 4.74 Å². The van der Waals surface area contributed by atoms with Gasteiger partial charge in [-0.05, 0) is 37.8 Å². The number of fused-ring (bicyclic) bond motifs is 1. The highest BCUT2D eigenvalue weighted by Crippen LogP contribution is 2.26. The van der Waals surface area contributed by atoms with Gasteiger partial charge in [-0.25, -0.2) is 4.79 Å². The quantitative estimate of drug-likeness (QED) is 0.483. The van der Waals surface area contributed by atoms with E-state index >= 15 is 0 Å². The zero-order chi connectivity index (χ0) is 22.9. The molecular formula is C24H26N4O4.